The topological polar surface area (TPSA) is 114 Å². The summed E-state index contributed by atoms with van der Waals surface area (Å²) in [5.74, 6) is -1.78. The molecule has 1 aromatic rings. The number of benzene rings is 1. The Morgan fingerprint density at radius 2 is 1.39 bits per heavy atom. The van der Waals surface area contributed by atoms with Crippen molar-refractivity contribution in [2.75, 3.05) is 12.4 Å². The molecule has 9 nitrogen and oxygen atoms in total. The van der Waals surface area contributed by atoms with Crippen LogP contribution in [-0.2, 0) is 49.3 Å². The molecule has 1 fully saturated rings. The Morgan fingerprint density at radius 3 is 1.97 bits per heavy atom. The third-order valence-corrected chi connectivity index (χ3v) is 5.92. The fraction of sp³-hybridized carbons (Fsp3) is 0.565. The minimum Gasteiger partial charge on any atom is -0.463 e. The van der Waals surface area contributed by atoms with Crippen LogP contribution < -0.4 is 0 Å². The fourth-order valence-corrected chi connectivity index (χ4v) is 4.61. The number of hydrogen-bond acceptors (Lipinski definition) is 10. The van der Waals surface area contributed by atoms with Crippen molar-refractivity contribution >= 4 is 35.6 Å². The Bertz CT molecular complexity index is 813. The minimum absolute atomic E-state index is 0.223. The molecule has 0 aromatic heterocycles. The molecule has 1 saturated heterocycles. The lowest BCUT2D eigenvalue weighted by Crippen LogP contribution is -2.61. The summed E-state index contributed by atoms with van der Waals surface area (Å²) in [6.07, 6.45) is -2.53. The Morgan fingerprint density at radius 1 is 0.818 bits per heavy atom. The first kappa shape index (κ1) is 26.7. The van der Waals surface area contributed by atoms with Gasteiger partial charge in [-0.3, -0.25) is 19.2 Å². The van der Waals surface area contributed by atoms with Crippen LogP contribution in [0.4, 0.5) is 0 Å². The van der Waals surface area contributed by atoms with Crippen LogP contribution >= 0.6 is 11.8 Å². The number of carbonyl (C=O) groups excluding carboxylic acids is 4. The van der Waals surface area contributed by atoms with E-state index in [-0.39, 0.29) is 6.61 Å². The monoisotopic (exact) mass is 482 g/mol. The van der Waals surface area contributed by atoms with E-state index in [0.717, 1.165) is 12.8 Å². The number of hydrogen-bond donors (Lipinski definition) is 0. The van der Waals surface area contributed by atoms with E-state index in [1.807, 2.05) is 30.3 Å². The molecule has 0 radical (unpaired) electrons. The van der Waals surface area contributed by atoms with Gasteiger partial charge in [0, 0.05) is 27.7 Å². The highest BCUT2D eigenvalue weighted by molar-refractivity contribution is 7.99. The molecule has 33 heavy (non-hydrogen) atoms. The van der Waals surface area contributed by atoms with Crippen molar-refractivity contribution in [2.24, 2.45) is 0 Å². The molecular weight excluding hydrogens is 452 g/mol. The zero-order chi connectivity index (χ0) is 24.4. The SMILES string of the molecule is CC(=O)OC[C@H]1O[C@H](SCCCc2ccccc2)[C@@H](OC(C)=O)[C@@H](OC(C)=O)[C@@H]1OC(C)=O. The Balaban J connectivity index is 2.21. The van der Waals surface area contributed by atoms with Gasteiger partial charge in [0.25, 0.3) is 0 Å². The molecule has 0 spiro atoms. The fourth-order valence-electron chi connectivity index (χ4n) is 3.44. The average molecular weight is 483 g/mol. The van der Waals surface area contributed by atoms with Crippen molar-refractivity contribution in [3.05, 3.63) is 35.9 Å². The molecule has 0 unspecified atom stereocenters. The lowest BCUT2D eigenvalue weighted by Gasteiger charge is -2.44. The molecule has 1 heterocycles. The number of carbonyl (C=O) groups is 4. The van der Waals surface area contributed by atoms with Gasteiger partial charge in [-0.15, -0.1) is 11.8 Å². The molecule has 5 atom stereocenters. The standard InChI is InChI=1S/C23H30O9S/c1-14(24)28-13-19-20(29-15(2)25)21(30-16(3)26)22(31-17(4)27)23(32-19)33-12-8-11-18-9-6-5-7-10-18/h5-7,9-10,19-23H,8,11-13H2,1-4H3/t19-,20-,21+,22+,23-/m1/s1. The van der Waals surface area contributed by atoms with E-state index in [1.54, 1.807) is 0 Å². The maximum absolute atomic E-state index is 11.8. The molecule has 2 rings (SSSR count). The largest absolute Gasteiger partial charge is 0.463 e. The zero-order valence-corrected chi connectivity index (χ0v) is 20.0. The van der Waals surface area contributed by atoms with Crippen molar-refractivity contribution in [1.82, 2.24) is 0 Å². The lowest BCUT2D eigenvalue weighted by atomic mass is 9.99. The van der Waals surface area contributed by atoms with Gasteiger partial charge in [-0.25, -0.2) is 0 Å². The molecule has 0 amide bonds. The van der Waals surface area contributed by atoms with Crippen LogP contribution in [0.15, 0.2) is 30.3 Å². The number of aryl methyl sites for hydroxylation is 1. The van der Waals surface area contributed by atoms with E-state index >= 15 is 0 Å². The van der Waals surface area contributed by atoms with Crippen molar-refractivity contribution in [3.63, 3.8) is 0 Å². The van der Waals surface area contributed by atoms with E-state index in [4.69, 9.17) is 23.7 Å². The van der Waals surface area contributed by atoms with Crippen molar-refractivity contribution in [2.45, 2.75) is 70.4 Å². The van der Waals surface area contributed by atoms with Crippen LogP contribution in [0.2, 0.25) is 0 Å². The summed E-state index contributed by atoms with van der Waals surface area (Å²) in [6, 6.07) is 9.98. The van der Waals surface area contributed by atoms with Gasteiger partial charge < -0.3 is 23.7 Å². The smallest absolute Gasteiger partial charge is 0.303 e. The van der Waals surface area contributed by atoms with E-state index in [9.17, 15) is 19.2 Å². The third-order valence-electron chi connectivity index (χ3n) is 4.68. The van der Waals surface area contributed by atoms with Crippen LogP contribution in [0.5, 0.6) is 0 Å². The minimum atomic E-state index is -1.13. The van der Waals surface area contributed by atoms with Crippen LogP contribution in [0.1, 0.15) is 39.7 Å². The summed E-state index contributed by atoms with van der Waals surface area (Å²) in [4.78, 5) is 46.8. The first-order valence-corrected chi connectivity index (χ1v) is 11.7. The summed E-state index contributed by atoms with van der Waals surface area (Å²) in [6.45, 7) is 4.64. The average Bonchev–Trinajstić information content (AvgIpc) is 2.73. The Labute approximate surface area is 197 Å². The van der Waals surface area contributed by atoms with Crippen LogP contribution in [0.3, 0.4) is 0 Å². The Hall–Kier alpha value is -2.59. The van der Waals surface area contributed by atoms with Crippen molar-refractivity contribution in [3.8, 4) is 0 Å². The number of esters is 4. The second-order valence-corrected chi connectivity index (χ2v) is 8.73. The first-order chi connectivity index (χ1) is 15.7. The molecule has 1 aromatic carbocycles. The second kappa shape index (κ2) is 13.2. The summed E-state index contributed by atoms with van der Waals surface area (Å²) in [5.41, 5.74) is 0.459. The zero-order valence-electron chi connectivity index (χ0n) is 19.2. The van der Waals surface area contributed by atoms with E-state index in [1.165, 1.54) is 45.0 Å². The normalized spacial score (nSPS) is 24.4. The maximum atomic E-state index is 11.8. The highest BCUT2D eigenvalue weighted by Crippen LogP contribution is 2.34. The van der Waals surface area contributed by atoms with E-state index < -0.39 is 53.7 Å². The van der Waals surface area contributed by atoms with Gasteiger partial charge in [-0.2, -0.15) is 0 Å². The highest BCUT2D eigenvalue weighted by Gasteiger charge is 2.52. The predicted octanol–water partition coefficient (Wildman–Crippen LogP) is 2.44. The molecule has 0 saturated carbocycles. The number of thioether (sulfide) groups is 1. The van der Waals surface area contributed by atoms with Crippen molar-refractivity contribution in [1.29, 1.82) is 0 Å². The molecule has 0 N–H and O–H groups in total. The van der Waals surface area contributed by atoms with Gasteiger partial charge in [0.15, 0.2) is 18.3 Å². The number of ether oxygens (including phenoxy) is 5. The summed E-state index contributed by atoms with van der Waals surface area (Å²) < 4.78 is 27.4. The second-order valence-electron chi connectivity index (χ2n) is 7.53. The summed E-state index contributed by atoms with van der Waals surface area (Å²) in [5, 5.41) is 0. The summed E-state index contributed by atoms with van der Waals surface area (Å²) >= 11 is 1.38. The maximum Gasteiger partial charge on any atom is 0.303 e. The molecule has 10 heteroatoms. The van der Waals surface area contributed by atoms with Gasteiger partial charge in [-0.1, -0.05) is 30.3 Å². The molecule has 0 aliphatic carbocycles. The van der Waals surface area contributed by atoms with Gasteiger partial charge >= 0.3 is 23.9 Å². The molecule has 0 bridgehead atoms. The van der Waals surface area contributed by atoms with Gasteiger partial charge in [0.1, 0.15) is 18.1 Å². The van der Waals surface area contributed by atoms with Gasteiger partial charge in [0.2, 0.25) is 0 Å². The van der Waals surface area contributed by atoms with Crippen LogP contribution in [0, 0.1) is 0 Å². The molecule has 1 aliphatic heterocycles. The van der Waals surface area contributed by atoms with E-state index in [0.29, 0.717) is 5.75 Å². The summed E-state index contributed by atoms with van der Waals surface area (Å²) in [7, 11) is 0. The number of rotatable bonds is 10. The highest BCUT2D eigenvalue weighted by atomic mass is 32.2. The quantitative estimate of drug-likeness (QED) is 0.280. The molecular formula is C23H30O9S. The first-order valence-electron chi connectivity index (χ1n) is 10.6. The third kappa shape index (κ3) is 9.05. The van der Waals surface area contributed by atoms with Gasteiger partial charge in [0.05, 0.1) is 0 Å². The van der Waals surface area contributed by atoms with Gasteiger partial charge in [-0.05, 0) is 24.2 Å². The van der Waals surface area contributed by atoms with Crippen LogP contribution in [0.25, 0.3) is 0 Å². The van der Waals surface area contributed by atoms with Crippen molar-refractivity contribution < 1.29 is 42.9 Å². The Kier molecular flexibility index (Phi) is 10.7. The molecule has 1 aliphatic rings. The van der Waals surface area contributed by atoms with E-state index in [2.05, 4.69) is 0 Å². The molecule has 182 valence electrons. The lowest BCUT2D eigenvalue weighted by molar-refractivity contribution is -0.237. The predicted molar refractivity (Wildman–Crippen MR) is 119 cm³/mol. The van der Waals surface area contributed by atoms with Crippen LogP contribution in [-0.4, -0.2) is 66.1 Å².